The van der Waals surface area contributed by atoms with Gasteiger partial charge in [-0.15, -0.1) is 0 Å². The number of hydrogen-bond donors (Lipinski definition) is 1. The van der Waals surface area contributed by atoms with Gasteiger partial charge in [0, 0.05) is 12.4 Å². The van der Waals surface area contributed by atoms with E-state index in [-0.39, 0.29) is 6.10 Å². The third-order valence-corrected chi connectivity index (χ3v) is 2.89. The molecule has 1 heterocycles. The van der Waals surface area contributed by atoms with Crippen molar-refractivity contribution in [3.63, 3.8) is 0 Å². The Bertz CT molecular complexity index is 254. The lowest BCUT2D eigenvalue weighted by molar-refractivity contribution is 0.111. The van der Waals surface area contributed by atoms with Crippen LogP contribution in [0.15, 0.2) is 24.5 Å². The molecule has 2 heteroatoms. The Morgan fingerprint density at radius 2 is 1.85 bits per heavy atom. The molecule has 70 valence electrons. The predicted octanol–water partition coefficient (Wildman–Crippen LogP) is 2.31. The Kier molecular flexibility index (Phi) is 2.60. The standard InChI is InChI=1S/C11H15NO/c13-11(9-3-1-2-4-9)10-5-7-12-8-6-10/h5-9,11,13H,1-4H2. The van der Waals surface area contributed by atoms with Crippen molar-refractivity contribution in [1.82, 2.24) is 4.98 Å². The van der Waals surface area contributed by atoms with Crippen LogP contribution in [0.4, 0.5) is 0 Å². The summed E-state index contributed by atoms with van der Waals surface area (Å²) in [5.41, 5.74) is 1.02. The van der Waals surface area contributed by atoms with Gasteiger partial charge in [-0.1, -0.05) is 12.8 Å². The molecule has 2 nitrogen and oxygen atoms in total. The van der Waals surface area contributed by atoms with Crippen molar-refractivity contribution in [3.05, 3.63) is 30.1 Å². The van der Waals surface area contributed by atoms with Gasteiger partial charge in [-0.2, -0.15) is 0 Å². The molecule has 0 aromatic carbocycles. The van der Waals surface area contributed by atoms with Crippen LogP contribution < -0.4 is 0 Å². The second-order valence-corrected chi connectivity index (χ2v) is 3.77. The van der Waals surface area contributed by atoms with Crippen molar-refractivity contribution >= 4 is 0 Å². The number of aliphatic hydroxyl groups excluding tert-OH is 1. The molecular weight excluding hydrogens is 162 g/mol. The number of aromatic nitrogens is 1. The lowest BCUT2D eigenvalue weighted by atomic mass is 9.95. The molecule has 2 rings (SSSR count). The Balaban J connectivity index is 2.08. The number of rotatable bonds is 2. The smallest absolute Gasteiger partial charge is 0.0819 e. The van der Waals surface area contributed by atoms with Crippen LogP contribution in [0.2, 0.25) is 0 Å². The van der Waals surface area contributed by atoms with E-state index in [0.29, 0.717) is 5.92 Å². The number of aliphatic hydroxyl groups is 1. The lowest BCUT2D eigenvalue weighted by Crippen LogP contribution is -2.08. The van der Waals surface area contributed by atoms with Crippen molar-refractivity contribution in [2.75, 3.05) is 0 Å². The van der Waals surface area contributed by atoms with E-state index in [9.17, 15) is 5.11 Å². The normalized spacial score (nSPS) is 20.4. The van der Waals surface area contributed by atoms with Gasteiger partial charge >= 0.3 is 0 Å². The molecule has 1 unspecified atom stereocenters. The monoisotopic (exact) mass is 177 g/mol. The highest BCUT2D eigenvalue weighted by atomic mass is 16.3. The minimum atomic E-state index is -0.273. The molecule has 0 amide bonds. The molecule has 1 N–H and O–H groups in total. The summed E-state index contributed by atoms with van der Waals surface area (Å²) in [5, 5.41) is 9.99. The second-order valence-electron chi connectivity index (χ2n) is 3.77. The maximum absolute atomic E-state index is 9.99. The fourth-order valence-electron chi connectivity index (χ4n) is 2.11. The van der Waals surface area contributed by atoms with Gasteiger partial charge in [-0.25, -0.2) is 0 Å². The van der Waals surface area contributed by atoms with Crippen LogP contribution in [0.3, 0.4) is 0 Å². The number of pyridine rings is 1. The van der Waals surface area contributed by atoms with Gasteiger partial charge in [0.05, 0.1) is 6.10 Å². The van der Waals surface area contributed by atoms with Crippen LogP contribution in [0.1, 0.15) is 37.4 Å². The summed E-state index contributed by atoms with van der Waals surface area (Å²) < 4.78 is 0. The summed E-state index contributed by atoms with van der Waals surface area (Å²) in [6.45, 7) is 0. The highest BCUT2D eigenvalue weighted by molar-refractivity contribution is 5.14. The summed E-state index contributed by atoms with van der Waals surface area (Å²) in [6, 6.07) is 3.81. The molecule has 0 spiro atoms. The largest absolute Gasteiger partial charge is 0.388 e. The Labute approximate surface area is 78.6 Å². The third kappa shape index (κ3) is 1.89. The zero-order chi connectivity index (χ0) is 9.10. The molecule has 0 aliphatic heterocycles. The van der Waals surface area contributed by atoms with Crippen molar-refractivity contribution in [1.29, 1.82) is 0 Å². The molecule has 0 bridgehead atoms. The SMILES string of the molecule is OC(c1ccncc1)C1CCCC1. The van der Waals surface area contributed by atoms with E-state index < -0.39 is 0 Å². The minimum absolute atomic E-state index is 0.273. The second kappa shape index (κ2) is 3.88. The molecule has 1 saturated carbocycles. The van der Waals surface area contributed by atoms with Crippen LogP contribution >= 0.6 is 0 Å². The topological polar surface area (TPSA) is 33.1 Å². The highest BCUT2D eigenvalue weighted by Gasteiger charge is 2.23. The molecule has 0 saturated heterocycles. The summed E-state index contributed by atoms with van der Waals surface area (Å²) >= 11 is 0. The fourth-order valence-corrected chi connectivity index (χ4v) is 2.11. The first-order valence-corrected chi connectivity index (χ1v) is 4.96. The maximum Gasteiger partial charge on any atom is 0.0819 e. The van der Waals surface area contributed by atoms with E-state index in [2.05, 4.69) is 4.98 Å². The van der Waals surface area contributed by atoms with Crippen LogP contribution in [-0.4, -0.2) is 10.1 Å². The summed E-state index contributed by atoms with van der Waals surface area (Å²) in [4.78, 5) is 3.94. The average molecular weight is 177 g/mol. The molecule has 1 aromatic rings. The number of nitrogens with zero attached hydrogens (tertiary/aromatic N) is 1. The van der Waals surface area contributed by atoms with Gasteiger partial charge in [0.15, 0.2) is 0 Å². The first kappa shape index (κ1) is 8.70. The summed E-state index contributed by atoms with van der Waals surface area (Å²) in [7, 11) is 0. The zero-order valence-electron chi connectivity index (χ0n) is 7.69. The Hall–Kier alpha value is -0.890. The summed E-state index contributed by atoms with van der Waals surface area (Å²) in [5.74, 6) is 0.474. The third-order valence-electron chi connectivity index (χ3n) is 2.89. The van der Waals surface area contributed by atoms with E-state index in [1.54, 1.807) is 12.4 Å². The van der Waals surface area contributed by atoms with Crippen molar-refractivity contribution in [2.45, 2.75) is 31.8 Å². The van der Waals surface area contributed by atoms with Crippen molar-refractivity contribution in [2.24, 2.45) is 5.92 Å². The van der Waals surface area contributed by atoms with Gasteiger partial charge in [-0.3, -0.25) is 4.98 Å². The first-order valence-electron chi connectivity index (χ1n) is 4.96. The fraction of sp³-hybridized carbons (Fsp3) is 0.545. The molecule has 1 aromatic heterocycles. The van der Waals surface area contributed by atoms with Crippen molar-refractivity contribution in [3.8, 4) is 0 Å². The highest BCUT2D eigenvalue weighted by Crippen LogP contribution is 2.35. The van der Waals surface area contributed by atoms with E-state index in [1.165, 1.54) is 25.7 Å². The molecule has 13 heavy (non-hydrogen) atoms. The van der Waals surface area contributed by atoms with Gasteiger partial charge in [0.1, 0.15) is 0 Å². The van der Waals surface area contributed by atoms with Gasteiger partial charge < -0.3 is 5.11 Å². The van der Waals surface area contributed by atoms with Crippen LogP contribution in [0, 0.1) is 5.92 Å². The maximum atomic E-state index is 9.99. The van der Waals surface area contributed by atoms with E-state index in [4.69, 9.17) is 0 Å². The Morgan fingerprint density at radius 1 is 1.23 bits per heavy atom. The molecule has 0 radical (unpaired) electrons. The predicted molar refractivity (Wildman–Crippen MR) is 51.2 cm³/mol. The lowest BCUT2D eigenvalue weighted by Gasteiger charge is -2.17. The van der Waals surface area contributed by atoms with Gasteiger partial charge in [0.2, 0.25) is 0 Å². The van der Waals surface area contributed by atoms with E-state index >= 15 is 0 Å². The Morgan fingerprint density at radius 3 is 2.46 bits per heavy atom. The molecule has 1 atom stereocenters. The number of hydrogen-bond acceptors (Lipinski definition) is 2. The van der Waals surface area contributed by atoms with Crippen molar-refractivity contribution < 1.29 is 5.11 Å². The molecule has 1 aliphatic rings. The van der Waals surface area contributed by atoms with E-state index in [1.807, 2.05) is 12.1 Å². The quantitative estimate of drug-likeness (QED) is 0.752. The first-order chi connectivity index (χ1) is 6.38. The minimum Gasteiger partial charge on any atom is -0.388 e. The molecular formula is C11H15NO. The average Bonchev–Trinajstić information content (AvgIpc) is 2.71. The van der Waals surface area contributed by atoms with Gasteiger partial charge in [-0.05, 0) is 36.5 Å². The zero-order valence-corrected chi connectivity index (χ0v) is 7.69. The molecule has 1 aliphatic carbocycles. The summed E-state index contributed by atoms with van der Waals surface area (Å²) in [6.07, 6.45) is 8.10. The van der Waals surface area contributed by atoms with Crippen LogP contribution in [0.25, 0.3) is 0 Å². The van der Waals surface area contributed by atoms with Crippen LogP contribution in [0.5, 0.6) is 0 Å². The van der Waals surface area contributed by atoms with Gasteiger partial charge in [0.25, 0.3) is 0 Å². The molecule has 1 fully saturated rings. The van der Waals surface area contributed by atoms with E-state index in [0.717, 1.165) is 5.56 Å². The van der Waals surface area contributed by atoms with Crippen LogP contribution in [-0.2, 0) is 0 Å².